The summed E-state index contributed by atoms with van der Waals surface area (Å²) in [5.74, 6) is 4.60. The monoisotopic (exact) mass is 318 g/mol. The lowest BCUT2D eigenvalue weighted by Gasteiger charge is -2.02. The average Bonchev–Trinajstić information content (AvgIpc) is 2.59. The molecular formula is C22H16F2. The van der Waals surface area contributed by atoms with Crippen molar-refractivity contribution in [2.75, 3.05) is 0 Å². The summed E-state index contributed by atoms with van der Waals surface area (Å²) in [4.78, 5) is 0. The Morgan fingerprint density at radius 2 is 1.08 bits per heavy atom. The summed E-state index contributed by atoms with van der Waals surface area (Å²) >= 11 is 0. The third kappa shape index (κ3) is 3.52. The highest BCUT2D eigenvalue weighted by Crippen LogP contribution is 2.20. The largest absolute Gasteiger partial charge is 0.207 e. The Labute approximate surface area is 140 Å². The zero-order valence-electron chi connectivity index (χ0n) is 13.5. The van der Waals surface area contributed by atoms with Crippen molar-refractivity contribution in [1.29, 1.82) is 0 Å². The fourth-order valence-electron chi connectivity index (χ4n) is 2.35. The van der Waals surface area contributed by atoms with E-state index in [1.54, 1.807) is 0 Å². The van der Waals surface area contributed by atoms with E-state index in [1.165, 1.54) is 24.6 Å². The second-order valence-electron chi connectivity index (χ2n) is 5.76. The third-order valence-corrected chi connectivity index (χ3v) is 3.90. The van der Waals surface area contributed by atoms with E-state index in [-0.39, 0.29) is 5.56 Å². The lowest BCUT2D eigenvalue weighted by atomic mass is 10.0. The first-order chi connectivity index (χ1) is 11.5. The van der Waals surface area contributed by atoms with E-state index >= 15 is 0 Å². The maximum atomic E-state index is 13.5. The third-order valence-electron chi connectivity index (χ3n) is 3.90. The summed E-state index contributed by atoms with van der Waals surface area (Å²) in [5, 5.41) is 0. The van der Waals surface area contributed by atoms with Crippen LogP contribution in [0, 0.1) is 37.3 Å². The molecule has 0 nitrogen and oxygen atoms in total. The average molecular weight is 318 g/mol. The molecule has 0 fully saturated rings. The van der Waals surface area contributed by atoms with E-state index in [9.17, 15) is 8.78 Å². The van der Waals surface area contributed by atoms with Crippen molar-refractivity contribution in [3.63, 3.8) is 0 Å². The minimum absolute atomic E-state index is 0.0167. The molecule has 0 aliphatic rings. The second kappa shape index (κ2) is 6.68. The molecule has 0 radical (unpaired) electrons. The van der Waals surface area contributed by atoms with Crippen molar-refractivity contribution in [2.24, 2.45) is 0 Å². The molecule has 0 atom stereocenters. The number of hydrogen-bond donors (Lipinski definition) is 0. The Kier molecular flexibility index (Phi) is 4.44. The van der Waals surface area contributed by atoms with Crippen molar-refractivity contribution < 1.29 is 8.78 Å². The molecule has 24 heavy (non-hydrogen) atoms. The van der Waals surface area contributed by atoms with Crippen molar-refractivity contribution in [3.8, 4) is 23.0 Å². The molecule has 0 aliphatic carbocycles. The van der Waals surface area contributed by atoms with Crippen LogP contribution in [0.15, 0.2) is 60.7 Å². The first kappa shape index (κ1) is 16.0. The summed E-state index contributed by atoms with van der Waals surface area (Å²) in [5.41, 5.74) is 4.61. The number of hydrogen-bond acceptors (Lipinski definition) is 0. The molecule has 118 valence electrons. The van der Waals surface area contributed by atoms with Gasteiger partial charge >= 0.3 is 0 Å². The van der Waals surface area contributed by atoms with Gasteiger partial charge in [-0.15, -0.1) is 0 Å². The van der Waals surface area contributed by atoms with Crippen LogP contribution in [0.4, 0.5) is 8.78 Å². The van der Waals surface area contributed by atoms with Crippen LogP contribution in [0.5, 0.6) is 0 Å². The van der Waals surface area contributed by atoms with Gasteiger partial charge in [0.2, 0.25) is 0 Å². The molecular weight excluding hydrogens is 302 g/mol. The van der Waals surface area contributed by atoms with Crippen LogP contribution >= 0.6 is 0 Å². The highest BCUT2D eigenvalue weighted by molar-refractivity contribution is 5.64. The molecule has 0 saturated heterocycles. The zero-order valence-corrected chi connectivity index (χ0v) is 13.5. The first-order valence-corrected chi connectivity index (χ1v) is 7.68. The van der Waals surface area contributed by atoms with Gasteiger partial charge < -0.3 is 0 Å². The molecule has 0 aliphatic heterocycles. The van der Waals surface area contributed by atoms with Crippen LogP contribution in [0.2, 0.25) is 0 Å². The van der Waals surface area contributed by atoms with Gasteiger partial charge in [0.15, 0.2) is 0 Å². The van der Waals surface area contributed by atoms with Gasteiger partial charge in [0.1, 0.15) is 11.6 Å². The molecule has 0 bridgehead atoms. The summed E-state index contributed by atoms with van der Waals surface area (Å²) in [6.45, 7) is 3.46. The van der Waals surface area contributed by atoms with E-state index in [2.05, 4.69) is 43.0 Å². The van der Waals surface area contributed by atoms with Crippen LogP contribution in [-0.4, -0.2) is 0 Å². The number of benzene rings is 3. The predicted molar refractivity (Wildman–Crippen MR) is 93.7 cm³/mol. The van der Waals surface area contributed by atoms with Gasteiger partial charge in [-0.2, -0.15) is 0 Å². The van der Waals surface area contributed by atoms with Crippen molar-refractivity contribution in [1.82, 2.24) is 0 Å². The first-order valence-electron chi connectivity index (χ1n) is 7.68. The van der Waals surface area contributed by atoms with Gasteiger partial charge in [-0.05, 0) is 49.2 Å². The van der Waals surface area contributed by atoms with Crippen molar-refractivity contribution in [2.45, 2.75) is 13.8 Å². The zero-order chi connectivity index (χ0) is 17.1. The van der Waals surface area contributed by atoms with Gasteiger partial charge in [0.05, 0.1) is 0 Å². The molecule has 3 aromatic carbocycles. The Bertz CT molecular complexity index is 901. The van der Waals surface area contributed by atoms with Crippen LogP contribution in [0.1, 0.15) is 22.3 Å². The van der Waals surface area contributed by atoms with Crippen molar-refractivity contribution >= 4 is 0 Å². The Balaban J connectivity index is 1.84. The summed E-state index contributed by atoms with van der Waals surface area (Å²) < 4.78 is 27.1. The lowest BCUT2D eigenvalue weighted by molar-refractivity contribution is 0.567. The van der Waals surface area contributed by atoms with Crippen LogP contribution < -0.4 is 0 Å². The maximum absolute atomic E-state index is 13.5. The molecule has 0 spiro atoms. The topological polar surface area (TPSA) is 0 Å². The molecule has 3 aromatic rings. The van der Waals surface area contributed by atoms with Gasteiger partial charge in [-0.3, -0.25) is 0 Å². The SMILES string of the molecule is Cc1ccc(-c2ccc(C#Cc3cc(F)c(C)c(F)c3)cc2)cc1. The fraction of sp³-hybridized carbons (Fsp3) is 0.0909. The molecule has 0 heterocycles. The molecule has 0 amide bonds. The van der Waals surface area contributed by atoms with Gasteiger partial charge in [-0.25, -0.2) is 8.78 Å². The van der Waals surface area contributed by atoms with E-state index < -0.39 is 11.6 Å². The molecule has 0 aromatic heterocycles. The molecule has 3 rings (SSSR count). The fourth-order valence-corrected chi connectivity index (χ4v) is 2.35. The van der Waals surface area contributed by atoms with Gasteiger partial charge in [0.25, 0.3) is 0 Å². The quantitative estimate of drug-likeness (QED) is 0.509. The van der Waals surface area contributed by atoms with E-state index in [0.717, 1.165) is 16.7 Å². The van der Waals surface area contributed by atoms with E-state index in [1.807, 2.05) is 24.3 Å². The molecule has 0 unspecified atom stereocenters. The summed E-state index contributed by atoms with van der Waals surface area (Å²) in [6, 6.07) is 18.6. The number of rotatable bonds is 1. The number of halogens is 2. The summed E-state index contributed by atoms with van der Waals surface area (Å²) in [7, 11) is 0. The van der Waals surface area contributed by atoms with Crippen LogP contribution in [-0.2, 0) is 0 Å². The molecule has 2 heteroatoms. The Morgan fingerprint density at radius 3 is 1.62 bits per heavy atom. The predicted octanol–water partition coefficient (Wildman–Crippen LogP) is 5.65. The standard InChI is InChI=1S/C22H16F2/c1-15-3-9-19(10-4-15)20-11-7-17(8-12-20)5-6-18-13-21(23)16(2)22(24)14-18/h3-4,7-14H,1-2H3. The van der Waals surface area contributed by atoms with Crippen LogP contribution in [0.3, 0.4) is 0 Å². The van der Waals surface area contributed by atoms with Gasteiger partial charge in [-0.1, -0.05) is 53.8 Å². The normalized spacial score (nSPS) is 10.2. The smallest absolute Gasteiger partial charge is 0.130 e. The highest BCUT2D eigenvalue weighted by Gasteiger charge is 2.05. The Morgan fingerprint density at radius 1 is 0.625 bits per heavy atom. The minimum atomic E-state index is -0.575. The maximum Gasteiger partial charge on any atom is 0.130 e. The highest BCUT2D eigenvalue weighted by atomic mass is 19.1. The molecule has 0 N–H and O–H groups in total. The van der Waals surface area contributed by atoms with Crippen molar-refractivity contribution in [3.05, 3.63) is 94.6 Å². The van der Waals surface area contributed by atoms with Crippen LogP contribution in [0.25, 0.3) is 11.1 Å². The number of aryl methyl sites for hydroxylation is 1. The summed E-state index contributed by atoms with van der Waals surface area (Å²) in [6.07, 6.45) is 0. The molecule has 0 saturated carbocycles. The Hall–Kier alpha value is -2.92. The van der Waals surface area contributed by atoms with E-state index in [4.69, 9.17) is 0 Å². The van der Waals surface area contributed by atoms with Gasteiger partial charge in [0, 0.05) is 16.7 Å². The second-order valence-corrected chi connectivity index (χ2v) is 5.76. The van der Waals surface area contributed by atoms with E-state index in [0.29, 0.717) is 5.56 Å². The lowest BCUT2D eigenvalue weighted by Crippen LogP contribution is -1.90. The minimum Gasteiger partial charge on any atom is -0.207 e.